The molecule has 0 spiro atoms. The van der Waals surface area contributed by atoms with E-state index < -0.39 is 20.0 Å². The fourth-order valence-electron chi connectivity index (χ4n) is 11.9. The Labute approximate surface area is 543 Å². The van der Waals surface area contributed by atoms with Crippen LogP contribution in [0.5, 0.6) is 0 Å². The van der Waals surface area contributed by atoms with Crippen molar-refractivity contribution < 1.29 is 37.3 Å². The largest absolute Gasteiger partial charge is 0.756 e. The predicted octanol–water partition coefficient (Wildman–Crippen LogP) is 24.2. The zero-order chi connectivity index (χ0) is 63.5. The number of phosphoric ester groups is 1. The summed E-state index contributed by atoms with van der Waals surface area (Å²) in [4.78, 5) is 40.3. The number of quaternary nitrogens is 1. The number of unbranched alkanes of at least 4 members (excludes halogenated alkanes) is 54. The molecule has 0 saturated carbocycles. The number of ether oxygens (including phenoxy) is 1. The van der Waals surface area contributed by atoms with Gasteiger partial charge in [0.2, 0.25) is 5.91 Å². The average Bonchev–Trinajstić information content (AvgIpc) is 3.70. The van der Waals surface area contributed by atoms with Crippen molar-refractivity contribution in [2.45, 2.75) is 418 Å². The van der Waals surface area contributed by atoms with E-state index >= 15 is 0 Å². The van der Waals surface area contributed by atoms with Crippen LogP contribution in [0.3, 0.4) is 0 Å². The van der Waals surface area contributed by atoms with Crippen LogP contribution in [0, 0.1) is 0 Å². The second kappa shape index (κ2) is 67.4. The number of nitrogens with zero attached hydrogens (tertiary/aromatic N) is 1. The highest BCUT2D eigenvalue weighted by Crippen LogP contribution is 2.38. The topological polar surface area (TPSA) is 114 Å². The molecule has 0 aliphatic carbocycles. The van der Waals surface area contributed by atoms with E-state index in [9.17, 15) is 19.0 Å². The highest BCUT2D eigenvalue weighted by Gasteiger charge is 2.27. The Morgan fingerprint density at radius 3 is 0.977 bits per heavy atom. The van der Waals surface area contributed by atoms with E-state index in [1.165, 1.54) is 315 Å². The maximum absolute atomic E-state index is 13.6. The minimum absolute atomic E-state index is 0.0180. The highest BCUT2D eigenvalue weighted by atomic mass is 31.2. The first-order chi connectivity index (χ1) is 42.4. The molecule has 0 aromatic heterocycles. The van der Waals surface area contributed by atoms with E-state index in [-0.39, 0.29) is 31.5 Å². The van der Waals surface area contributed by atoms with Gasteiger partial charge in [-0.15, -0.1) is 0 Å². The van der Waals surface area contributed by atoms with Crippen LogP contribution in [-0.2, 0) is 27.9 Å². The molecule has 0 radical (unpaired) electrons. The molecule has 3 unspecified atom stereocenters. The molecule has 10 heteroatoms. The summed E-state index contributed by atoms with van der Waals surface area (Å²) in [7, 11) is 1.21. The summed E-state index contributed by atoms with van der Waals surface area (Å²) in [6.07, 6.45) is 83.2. The number of likely N-dealkylation sites (N-methyl/N-ethyl adjacent to an activating group) is 1. The average molecular weight is 1250 g/mol. The summed E-state index contributed by atoms with van der Waals surface area (Å²) in [6.45, 7) is 6.92. The molecule has 0 rings (SSSR count). The van der Waals surface area contributed by atoms with E-state index in [4.69, 9.17) is 13.8 Å². The summed E-state index contributed by atoms with van der Waals surface area (Å²) in [5.41, 5.74) is 0. The molecule has 9 nitrogen and oxygen atoms in total. The molecule has 0 bridgehead atoms. The SMILES string of the molecule is CCCCCCCC/C=C/CCCCCCCCCCCCCC(=O)OC(/C=C/CCCCCCCCCCCCC)C(COP(=O)([O-])OCC[N+](C)(C)C)NC(=O)CCCCCCCCCCCCCCCCCCCCCCCCCCCCC. The van der Waals surface area contributed by atoms with Crippen LogP contribution >= 0.6 is 7.82 Å². The van der Waals surface area contributed by atoms with Crippen LogP contribution in [-0.4, -0.2) is 69.4 Å². The molecule has 0 heterocycles. The maximum Gasteiger partial charge on any atom is 0.306 e. The third kappa shape index (κ3) is 68.7. The van der Waals surface area contributed by atoms with Crippen molar-refractivity contribution in [2.75, 3.05) is 40.9 Å². The number of esters is 1. The molecule has 0 aliphatic heterocycles. The van der Waals surface area contributed by atoms with E-state index in [0.717, 1.165) is 57.8 Å². The standard InChI is InChI=1S/C77H151N2O7P/c1-7-10-13-16-19-22-25-28-30-32-34-36-37-38-39-40-41-43-44-46-48-51-54-57-60-63-66-69-76(80)78-74(73-85-87(82,83)84-72-71-79(4,5)6)75(68-65-62-59-56-53-50-27-24-21-18-15-12-9-3)86-77(81)70-67-64-61-58-55-52-49-47-45-42-35-33-31-29-26-23-20-17-14-11-8-2/h29,31,65,68,74-75H,7-28,30,32-64,66-67,69-73H2,1-6H3,(H-,78,80,82,83)/b31-29+,68-65+. The fraction of sp³-hybridized carbons (Fsp3) is 0.922. The first kappa shape index (κ1) is 85.5. The monoisotopic (exact) mass is 1250 g/mol. The van der Waals surface area contributed by atoms with Gasteiger partial charge in [-0.1, -0.05) is 360 Å². The van der Waals surface area contributed by atoms with E-state index in [1.807, 2.05) is 33.3 Å². The van der Waals surface area contributed by atoms with Crippen molar-refractivity contribution in [1.82, 2.24) is 5.32 Å². The number of carbonyl (C=O) groups excluding carboxylic acids is 2. The molecule has 3 atom stereocenters. The first-order valence-corrected chi connectivity index (χ1v) is 40.1. The molecule has 1 amide bonds. The van der Waals surface area contributed by atoms with Gasteiger partial charge in [0, 0.05) is 12.8 Å². The van der Waals surface area contributed by atoms with Crippen molar-refractivity contribution >= 4 is 19.7 Å². The molecule has 0 saturated heterocycles. The molecular formula is C77H151N2O7P. The molecule has 87 heavy (non-hydrogen) atoms. The van der Waals surface area contributed by atoms with Crippen LogP contribution in [0.1, 0.15) is 406 Å². The number of allylic oxidation sites excluding steroid dienone is 3. The van der Waals surface area contributed by atoms with E-state index in [1.54, 1.807) is 0 Å². The lowest BCUT2D eigenvalue weighted by Gasteiger charge is -2.30. The van der Waals surface area contributed by atoms with Crippen molar-refractivity contribution in [3.8, 4) is 0 Å². The summed E-state index contributed by atoms with van der Waals surface area (Å²) < 4.78 is 30.5. The first-order valence-electron chi connectivity index (χ1n) is 38.6. The molecule has 0 aliphatic rings. The van der Waals surface area contributed by atoms with Gasteiger partial charge in [0.05, 0.1) is 33.8 Å². The van der Waals surface area contributed by atoms with E-state index in [0.29, 0.717) is 17.4 Å². The number of hydrogen-bond donors (Lipinski definition) is 1. The summed E-state index contributed by atoms with van der Waals surface area (Å²) >= 11 is 0. The van der Waals surface area contributed by atoms with Crippen LogP contribution in [0.2, 0.25) is 0 Å². The lowest BCUT2D eigenvalue weighted by molar-refractivity contribution is -0.870. The number of rotatable bonds is 72. The Morgan fingerprint density at radius 1 is 0.391 bits per heavy atom. The van der Waals surface area contributed by atoms with Crippen molar-refractivity contribution in [3.05, 3.63) is 24.3 Å². The normalized spacial score (nSPS) is 13.5. The molecule has 0 aromatic rings. The number of nitrogens with one attached hydrogen (secondary N) is 1. The molecule has 1 N–H and O–H groups in total. The quantitative estimate of drug-likeness (QED) is 0.0212. The Bertz CT molecular complexity index is 1530. The van der Waals surface area contributed by atoms with Gasteiger partial charge in [0.15, 0.2) is 0 Å². The second-order valence-electron chi connectivity index (χ2n) is 27.9. The third-order valence-corrected chi connectivity index (χ3v) is 18.8. The Hall–Kier alpha value is -1.51. The Kier molecular flexibility index (Phi) is 66.2. The van der Waals surface area contributed by atoms with Crippen LogP contribution in [0.15, 0.2) is 24.3 Å². The summed E-state index contributed by atoms with van der Waals surface area (Å²) in [5, 5.41) is 3.06. The smallest absolute Gasteiger partial charge is 0.306 e. The molecule has 0 aromatic carbocycles. The Morgan fingerprint density at radius 2 is 0.667 bits per heavy atom. The molecule has 0 fully saturated rings. The molecular weight excluding hydrogens is 1100 g/mol. The van der Waals surface area contributed by atoms with Crippen LogP contribution < -0.4 is 10.2 Å². The van der Waals surface area contributed by atoms with Gasteiger partial charge < -0.3 is 28.5 Å². The van der Waals surface area contributed by atoms with Gasteiger partial charge in [0.1, 0.15) is 19.3 Å². The van der Waals surface area contributed by atoms with Gasteiger partial charge in [-0.2, -0.15) is 0 Å². The van der Waals surface area contributed by atoms with Gasteiger partial charge in [-0.25, -0.2) is 0 Å². The number of amides is 1. The highest BCUT2D eigenvalue weighted by molar-refractivity contribution is 7.45. The third-order valence-electron chi connectivity index (χ3n) is 17.9. The minimum Gasteiger partial charge on any atom is -0.756 e. The van der Waals surface area contributed by atoms with Crippen molar-refractivity contribution in [2.24, 2.45) is 0 Å². The molecule has 516 valence electrons. The van der Waals surface area contributed by atoms with Crippen molar-refractivity contribution in [1.29, 1.82) is 0 Å². The van der Waals surface area contributed by atoms with Gasteiger partial charge in [-0.3, -0.25) is 14.2 Å². The number of phosphoric acid groups is 1. The van der Waals surface area contributed by atoms with E-state index in [2.05, 4.69) is 38.2 Å². The summed E-state index contributed by atoms with van der Waals surface area (Å²) in [6, 6.07) is -0.884. The second-order valence-corrected chi connectivity index (χ2v) is 29.3. The lowest BCUT2D eigenvalue weighted by Crippen LogP contribution is -2.47. The van der Waals surface area contributed by atoms with Gasteiger partial charge in [0.25, 0.3) is 7.82 Å². The summed E-state index contributed by atoms with van der Waals surface area (Å²) in [5.74, 6) is -0.515. The van der Waals surface area contributed by atoms with Crippen LogP contribution in [0.25, 0.3) is 0 Å². The van der Waals surface area contributed by atoms with Crippen LogP contribution in [0.4, 0.5) is 0 Å². The Balaban J connectivity index is 4.95. The zero-order valence-electron chi connectivity index (χ0n) is 59.3. The number of carbonyl (C=O) groups is 2. The predicted molar refractivity (Wildman–Crippen MR) is 377 cm³/mol. The minimum atomic E-state index is -4.70. The number of hydrogen-bond acceptors (Lipinski definition) is 7. The maximum atomic E-state index is 13.6. The fourth-order valence-corrected chi connectivity index (χ4v) is 12.7. The van der Waals surface area contributed by atoms with Crippen molar-refractivity contribution in [3.63, 3.8) is 0 Å². The van der Waals surface area contributed by atoms with Gasteiger partial charge >= 0.3 is 5.97 Å². The lowest BCUT2D eigenvalue weighted by atomic mass is 10.0. The van der Waals surface area contributed by atoms with Gasteiger partial charge in [-0.05, 0) is 57.4 Å². The zero-order valence-corrected chi connectivity index (χ0v) is 60.2.